The van der Waals surface area contributed by atoms with Crippen molar-refractivity contribution in [3.8, 4) is 11.1 Å². The van der Waals surface area contributed by atoms with Crippen molar-refractivity contribution in [3.63, 3.8) is 0 Å². The van der Waals surface area contributed by atoms with Gasteiger partial charge in [-0.3, -0.25) is 9.69 Å². The van der Waals surface area contributed by atoms with E-state index >= 15 is 0 Å². The average Bonchev–Trinajstić information content (AvgIpc) is 2.75. The van der Waals surface area contributed by atoms with Crippen LogP contribution >= 0.6 is 0 Å². The number of alkyl halides is 3. The summed E-state index contributed by atoms with van der Waals surface area (Å²) in [4.78, 5) is 14.2. The number of esters is 1. The molecule has 0 bridgehead atoms. The molecular formula is C24H29F3N2O3. The second-order valence-electron chi connectivity index (χ2n) is 8.18. The molecule has 0 radical (unpaired) electrons. The number of nitrogens with one attached hydrogen (secondary N) is 1. The van der Waals surface area contributed by atoms with Crippen molar-refractivity contribution in [2.24, 2.45) is 0 Å². The summed E-state index contributed by atoms with van der Waals surface area (Å²) in [6.45, 7) is 6.02. The molecule has 0 spiro atoms. The lowest BCUT2D eigenvalue weighted by atomic mass is 9.93. The van der Waals surface area contributed by atoms with Crippen LogP contribution in [0.4, 0.5) is 13.2 Å². The summed E-state index contributed by atoms with van der Waals surface area (Å²) in [5.74, 6) is -0.200. The maximum atomic E-state index is 13.0. The monoisotopic (exact) mass is 450 g/mol. The molecule has 1 heterocycles. The van der Waals surface area contributed by atoms with Crippen LogP contribution in [0.2, 0.25) is 0 Å². The van der Waals surface area contributed by atoms with Crippen LogP contribution in [0, 0.1) is 0 Å². The number of benzene rings is 2. The van der Waals surface area contributed by atoms with Gasteiger partial charge in [0.1, 0.15) is 0 Å². The van der Waals surface area contributed by atoms with E-state index in [9.17, 15) is 23.1 Å². The molecule has 2 aromatic carbocycles. The van der Waals surface area contributed by atoms with Crippen molar-refractivity contribution in [1.82, 2.24) is 10.2 Å². The summed E-state index contributed by atoms with van der Waals surface area (Å²) in [5, 5.41) is 13.1. The normalized spacial score (nSPS) is 19.4. The molecule has 0 aliphatic carbocycles. The summed E-state index contributed by atoms with van der Waals surface area (Å²) in [5.41, 5.74) is -0.368. The largest absolute Gasteiger partial charge is 0.466 e. The van der Waals surface area contributed by atoms with Crippen molar-refractivity contribution in [1.29, 1.82) is 0 Å². The lowest BCUT2D eigenvalue weighted by molar-refractivity contribution is -0.258. The Morgan fingerprint density at radius 1 is 1.12 bits per heavy atom. The summed E-state index contributed by atoms with van der Waals surface area (Å²) < 4.78 is 44.2. The second kappa shape index (κ2) is 10.0. The second-order valence-corrected chi connectivity index (χ2v) is 8.18. The number of aliphatic hydroxyl groups is 1. The van der Waals surface area contributed by atoms with Crippen LogP contribution in [0.25, 0.3) is 11.1 Å². The summed E-state index contributed by atoms with van der Waals surface area (Å²) in [6.07, 6.45) is -4.40. The van der Waals surface area contributed by atoms with E-state index in [0.717, 1.165) is 43.2 Å². The average molecular weight is 451 g/mol. The van der Waals surface area contributed by atoms with Gasteiger partial charge in [0.15, 0.2) is 5.60 Å². The Morgan fingerprint density at radius 3 is 2.28 bits per heavy atom. The molecule has 0 amide bonds. The van der Waals surface area contributed by atoms with Crippen LogP contribution in [-0.4, -0.2) is 54.4 Å². The fourth-order valence-electron chi connectivity index (χ4n) is 3.81. The number of nitrogens with zero attached hydrogens (tertiary/aromatic N) is 1. The number of carbonyl (C=O) groups excluding carboxylic acids is 1. The van der Waals surface area contributed by atoms with Gasteiger partial charge in [-0.2, -0.15) is 13.2 Å². The van der Waals surface area contributed by atoms with E-state index in [1.807, 2.05) is 24.3 Å². The Bertz CT molecular complexity index is 896. The fourth-order valence-corrected chi connectivity index (χ4v) is 3.81. The number of ether oxygens (including phenoxy) is 1. The van der Waals surface area contributed by atoms with Gasteiger partial charge in [-0.15, -0.1) is 0 Å². The van der Waals surface area contributed by atoms with Gasteiger partial charge in [0.2, 0.25) is 0 Å². The maximum Gasteiger partial charge on any atom is 0.421 e. The van der Waals surface area contributed by atoms with E-state index in [2.05, 4.69) is 10.2 Å². The van der Waals surface area contributed by atoms with E-state index in [1.54, 1.807) is 19.1 Å². The molecule has 2 N–H and O–H groups in total. The first-order chi connectivity index (χ1) is 15.1. The molecule has 8 heteroatoms. The number of hydrogen-bond acceptors (Lipinski definition) is 5. The van der Waals surface area contributed by atoms with Crippen molar-refractivity contribution in [2.75, 3.05) is 26.2 Å². The lowest BCUT2D eigenvalue weighted by Crippen LogP contribution is -2.51. The highest BCUT2D eigenvalue weighted by Crippen LogP contribution is 2.39. The standard InChI is InChI=1S/C24H29F3N2O3/c1-3-32-22(30)14-21-15-28-12-13-29(21)16-17-4-6-18(7-5-17)19-8-10-20(11-9-19)23(2,31)24(25,26)27/h4-11,21,28,31H,3,12-16H2,1-2H3. The van der Waals surface area contributed by atoms with Crippen LogP contribution in [-0.2, 0) is 21.7 Å². The van der Waals surface area contributed by atoms with Gasteiger partial charge in [-0.05, 0) is 36.1 Å². The third-order valence-corrected chi connectivity index (χ3v) is 5.85. The highest BCUT2D eigenvalue weighted by molar-refractivity contribution is 5.70. The minimum Gasteiger partial charge on any atom is -0.466 e. The third-order valence-electron chi connectivity index (χ3n) is 5.85. The molecule has 32 heavy (non-hydrogen) atoms. The Morgan fingerprint density at radius 2 is 1.72 bits per heavy atom. The summed E-state index contributed by atoms with van der Waals surface area (Å²) >= 11 is 0. The molecule has 1 aliphatic heterocycles. The summed E-state index contributed by atoms with van der Waals surface area (Å²) in [7, 11) is 0. The molecule has 3 rings (SSSR count). The number of hydrogen-bond donors (Lipinski definition) is 2. The molecule has 2 atom stereocenters. The zero-order valence-electron chi connectivity index (χ0n) is 18.3. The quantitative estimate of drug-likeness (QED) is 0.628. The predicted octanol–water partition coefficient (Wildman–Crippen LogP) is 3.85. The molecule has 1 saturated heterocycles. The van der Waals surface area contributed by atoms with Gasteiger partial charge in [0.25, 0.3) is 0 Å². The Labute approximate surface area is 186 Å². The van der Waals surface area contributed by atoms with Crippen molar-refractivity contribution >= 4 is 5.97 Å². The van der Waals surface area contributed by atoms with Crippen LogP contribution in [0.5, 0.6) is 0 Å². The van der Waals surface area contributed by atoms with Crippen molar-refractivity contribution in [3.05, 3.63) is 59.7 Å². The Hall–Kier alpha value is -2.42. The van der Waals surface area contributed by atoms with E-state index in [0.29, 0.717) is 19.6 Å². The van der Waals surface area contributed by atoms with Crippen molar-refractivity contribution in [2.45, 2.75) is 44.6 Å². The highest BCUT2D eigenvalue weighted by atomic mass is 19.4. The number of halogens is 3. The fraction of sp³-hybridized carbons (Fsp3) is 0.458. The molecule has 0 saturated carbocycles. The molecule has 0 aromatic heterocycles. The zero-order chi connectivity index (χ0) is 23.4. The van der Waals surface area contributed by atoms with Gasteiger partial charge in [-0.25, -0.2) is 0 Å². The highest BCUT2D eigenvalue weighted by Gasteiger charge is 2.51. The van der Waals surface area contributed by atoms with Crippen LogP contribution < -0.4 is 5.32 Å². The molecule has 1 aliphatic rings. The minimum atomic E-state index is -4.74. The van der Waals surface area contributed by atoms with E-state index < -0.39 is 11.8 Å². The SMILES string of the molecule is CCOC(=O)CC1CNCCN1Cc1ccc(-c2ccc(C(C)(O)C(F)(F)F)cc2)cc1. The first kappa shape index (κ1) is 24.2. The van der Waals surface area contributed by atoms with Gasteiger partial charge in [0.05, 0.1) is 13.0 Å². The van der Waals surface area contributed by atoms with E-state index in [1.165, 1.54) is 12.1 Å². The smallest absolute Gasteiger partial charge is 0.421 e. The van der Waals surface area contributed by atoms with Gasteiger partial charge in [-0.1, -0.05) is 48.5 Å². The molecule has 5 nitrogen and oxygen atoms in total. The van der Waals surface area contributed by atoms with Crippen LogP contribution in [0.1, 0.15) is 31.4 Å². The predicted molar refractivity (Wildman–Crippen MR) is 116 cm³/mol. The molecule has 174 valence electrons. The molecule has 2 unspecified atom stereocenters. The summed E-state index contributed by atoms with van der Waals surface area (Å²) in [6, 6.07) is 13.7. The van der Waals surface area contributed by atoms with Gasteiger partial charge < -0.3 is 15.2 Å². The number of carbonyl (C=O) groups is 1. The Kier molecular flexibility index (Phi) is 7.59. The lowest BCUT2D eigenvalue weighted by Gasteiger charge is -2.35. The molecular weight excluding hydrogens is 421 g/mol. The molecule has 1 fully saturated rings. The van der Waals surface area contributed by atoms with Gasteiger partial charge in [0, 0.05) is 32.2 Å². The number of rotatable bonds is 7. The van der Waals surface area contributed by atoms with Crippen LogP contribution in [0.3, 0.4) is 0 Å². The first-order valence-corrected chi connectivity index (χ1v) is 10.7. The Balaban J connectivity index is 1.67. The topological polar surface area (TPSA) is 61.8 Å². The zero-order valence-corrected chi connectivity index (χ0v) is 18.3. The van der Waals surface area contributed by atoms with E-state index in [4.69, 9.17) is 4.74 Å². The van der Waals surface area contributed by atoms with E-state index in [-0.39, 0.29) is 17.6 Å². The van der Waals surface area contributed by atoms with Crippen LogP contribution in [0.15, 0.2) is 48.5 Å². The molecule has 2 aromatic rings. The maximum absolute atomic E-state index is 13.0. The first-order valence-electron chi connectivity index (χ1n) is 10.7. The van der Waals surface area contributed by atoms with Crippen molar-refractivity contribution < 1.29 is 27.8 Å². The minimum absolute atomic E-state index is 0.0662. The van der Waals surface area contributed by atoms with Gasteiger partial charge >= 0.3 is 12.1 Å². The third kappa shape index (κ3) is 5.68. The number of piperazine rings is 1.